The summed E-state index contributed by atoms with van der Waals surface area (Å²) in [6, 6.07) is 8.28. The lowest BCUT2D eigenvalue weighted by Crippen LogP contribution is -2.18. The molecule has 112 valence electrons. The third-order valence-corrected chi connectivity index (χ3v) is 4.75. The summed E-state index contributed by atoms with van der Waals surface area (Å²) in [5, 5.41) is 4.04. The molecule has 1 fully saturated rings. The Hall–Kier alpha value is -1.37. The van der Waals surface area contributed by atoms with E-state index in [1.807, 2.05) is 12.1 Å². The number of thioether (sulfide) groups is 1. The molecule has 1 aliphatic heterocycles. The van der Waals surface area contributed by atoms with Gasteiger partial charge in [-0.25, -0.2) is 0 Å². The minimum Gasteiger partial charge on any atom is -0.364 e. The predicted octanol–water partition coefficient (Wildman–Crippen LogP) is 2.85. The van der Waals surface area contributed by atoms with E-state index in [-0.39, 0.29) is 12.2 Å². The van der Waals surface area contributed by atoms with E-state index in [2.05, 4.69) is 29.2 Å². The first-order valence-corrected chi connectivity index (χ1v) is 8.11. The molecule has 0 amide bonds. The van der Waals surface area contributed by atoms with Crippen LogP contribution in [-0.4, -0.2) is 22.8 Å². The van der Waals surface area contributed by atoms with Crippen molar-refractivity contribution in [2.75, 3.05) is 6.54 Å². The van der Waals surface area contributed by atoms with E-state index in [1.54, 1.807) is 11.8 Å². The predicted molar refractivity (Wildman–Crippen MR) is 80.9 cm³/mol. The second kappa shape index (κ2) is 6.60. The molecule has 0 saturated carbocycles. The van der Waals surface area contributed by atoms with Crippen LogP contribution in [0, 0.1) is 6.92 Å². The molecule has 0 spiro atoms. The Kier molecular flexibility index (Phi) is 4.57. The Morgan fingerprint density at radius 2 is 2.19 bits per heavy atom. The normalized spacial score (nSPS) is 21.8. The lowest BCUT2D eigenvalue weighted by atomic mass is 10.2. The number of hydrogen-bond donors (Lipinski definition) is 1. The van der Waals surface area contributed by atoms with Gasteiger partial charge in [-0.05, 0) is 31.4 Å². The maximum Gasteiger partial charge on any atom is 0.255 e. The number of benzene rings is 1. The highest BCUT2D eigenvalue weighted by molar-refractivity contribution is 7.98. The van der Waals surface area contributed by atoms with Gasteiger partial charge in [0.15, 0.2) is 5.82 Å². The average molecular weight is 305 g/mol. The number of aromatic nitrogens is 2. The van der Waals surface area contributed by atoms with Gasteiger partial charge in [0.1, 0.15) is 6.10 Å². The Bertz CT molecular complexity index is 602. The summed E-state index contributed by atoms with van der Waals surface area (Å²) in [6.45, 7) is 2.64. The van der Waals surface area contributed by atoms with Crippen molar-refractivity contribution in [1.29, 1.82) is 0 Å². The molecule has 0 radical (unpaired) electrons. The molecule has 21 heavy (non-hydrogen) atoms. The van der Waals surface area contributed by atoms with E-state index in [9.17, 15) is 0 Å². The zero-order valence-corrected chi connectivity index (χ0v) is 12.8. The van der Waals surface area contributed by atoms with Crippen molar-refractivity contribution in [3.05, 3.63) is 41.5 Å². The maximum absolute atomic E-state index is 5.76. The van der Waals surface area contributed by atoms with Crippen LogP contribution < -0.4 is 5.73 Å². The first-order valence-electron chi connectivity index (χ1n) is 7.12. The molecular formula is C15H19N3O2S. The molecule has 5 nitrogen and oxygen atoms in total. The third-order valence-electron chi connectivity index (χ3n) is 3.58. The molecule has 1 saturated heterocycles. The van der Waals surface area contributed by atoms with Crippen molar-refractivity contribution in [3.63, 3.8) is 0 Å². The van der Waals surface area contributed by atoms with E-state index in [1.165, 1.54) is 10.5 Å². The van der Waals surface area contributed by atoms with Crippen LogP contribution in [0.4, 0.5) is 0 Å². The monoisotopic (exact) mass is 305 g/mol. The highest BCUT2D eigenvalue weighted by Crippen LogP contribution is 2.32. The molecule has 1 aromatic carbocycles. The lowest BCUT2D eigenvalue weighted by Gasteiger charge is -2.07. The summed E-state index contributed by atoms with van der Waals surface area (Å²) in [7, 11) is 0. The molecule has 3 rings (SSSR count). The lowest BCUT2D eigenvalue weighted by molar-refractivity contribution is 0.0307. The topological polar surface area (TPSA) is 74.2 Å². The SMILES string of the molecule is Cc1ccccc1SCc1noc(C2CCC(CN)O2)n1. The molecule has 0 aliphatic carbocycles. The first-order chi connectivity index (χ1) is 10.3. The Balaban J connectivity index is 1.60. The Labute approximate surface area is 128 Å². The molecule has 0 bridgehead atoms. The minimum atomic E-state index is -0.0942. The van der Waals surface area contributed by atoms with Crippen molar-refractivity contribution in [2.24, 2.45) is 5.73 Å². The van der Waals surface area contributed by atoms with Gasteiger partial charge in [-0.15, -0.1) is 11.8 Å². The number of ether oxygens (including phenoxy) is 1. The van der Waals surface area contributed by atoms with Crippen molar-refractivity contribution < 1.29 is 9.26 Å². The van der Waals surface area contributed by atoms with Gasteiger partial charge in [-0.3, -0.25) is 0 Å². The minimum absolute atomic E-state index is 0.0942. The van der Waals surface area contributed by atoms with Gasteiger partial charge >= 0.3 is 0 Å². The van der Waals surface area contributed by atoms with E-state index in [4.69, 9.17) is 15.0 Å². The molecular weight excluding hydrogens is 286 g/mol. The number of rotatable bonds is 5. The summed E-state index contributed by atoms with van der Waals surface area (Å²) in [5.41, 5.74) is 6.87. The fourth-order valence-electron chi connectivity index (χ4n) is 2.38. The average Bonchev–Trinajstić information content (AvgIpc) is 3.15. The molecule has 1 aromatic heterocycles. The van der Waals surface area contributed by atoms with Crippen molar-refractivity contribution in [2.45, 2.75) is 42.6 Å². The zero-order chi connectivity index (χ0) is 14.7. The van der Waals surface area contributed by atoms with Crippen molar-refractivity contribution in [1.82, 2.24) is 10.1 Å². The second-order valence-electron chi connectivity index (χ2n) is 5.16. The van der Waals surface area contributed by atoms with Crippen LogP contribution in [-0.2, 0) is 10.5 Å². The van der Waals surface area contributed by atoms with Crippen molar-refractivity contribution in [3.8, 4) is 0 Å². The van der Waals surface area contributed by atoms with E-state index < -0.39 is 0 Å². The van der Waals surface area contributed by atoms with Crippen LogP contribution in [0.15, 0.2) is 33.7 Å². The van der Waals surface area contributed by atoms with Gasteiger partial charge in [0, 0.05) is 11.4 Å². The standard InChI is InChI=1S/C15H19N3O2S/c1-10-4-2-3-5-13(10)21-9-14-17-15(20-18-14)12-7-6-11(8-16)19-12/h2-5,11-12H,6-9,16H2,1H3. The highest BCUT2D eigenvalue weighted by atomic mass is 32.2. The summed E-state index contributed by atoms with van der Waals surface area (Å²) in [4.78, 5) is 5.68. The van der Waals surface area contributed by atoms with Crippen LogP contribution in [0.25, 0.3) is 0 Å². The van der Waals surface area contributed by atoms with Crippen LogP contribution in [0.2, 0.25) is 0 Å². The quantitative estimate of drug-likeness (QED) is 0.856. The number of nitrogens with two attached hydrogens (primary N) is 1. The van der Waals surface area contributed by atoms with Gasteiger partial charge in [-0.1, -0.05) is 23.4 Å². The van der Waals surface area contributed by atoms with Gasteiger partial charge in [0.25, 0.3) is 5.89 Å². The van der Waals surface area contributed by atoms with Gasteiger partial charge in [0.2, 0.25) is 0 Å². The summed E-state index contributed by atoms with van der Waals surface area (Å²) < 4.78 is 11.1. The smallest absolute Gasteiger partial charge is 0.255 e. The summed E-state index contributed by atoms with van der Waals surface area (Å²) in [5.74, 6) is 1.98. The van der Waals surface area contributed by atoms with Crippen LogP contribution in [0.1, 0.15) is 36.2 Å². The van der Waals surface area contributed by atoms with Gasteiger partial charge in [0.05, 0.1) is 11.9 Å². The first kappa shape index (κ1) is 14.6. The highest BCUT2D eigenvalue weighted by Gasteiger charge is 2.29. The van der Waals surface area contributed by atoms with Gasteiger partial charge < -0.3 is 15.0 Å². The van der Waals surface area contributed by atoms with E-state index >= 15 is 0 Å². The maximum atomic E-state index is 5.76. The number of hydrogen-bond acceptors (Lipinski definition) is 6. The van der Waals surface area contributed by atoms with Crippen molar-refractivity contribution >= 4 is 11.8 Å². The second-order valence-corrected chi connectivity index (χ2v) is 6.18. The largest absolute Gasteiger partial charge is 0.364 e. The summed E-state index contributed by atoms with van der Waals surface area (Å²) >= 11 is 1.72. The summed E-state index contributed by atoms with van der Waals surface area (Å²) in [6.07, 6.45) is 1.88. The fraction of sp³-hybridized carbons (Fsp3) is 0.467. The molecule has 2 unspecified atom stereocenters. The molecule has 1 aliphatic rings. The number of aryl methyl sites for hydroxylation is 1. The van der Waals surface area contributed by atoms with Crippen LogP contribution >= 0.6 is 11.8 Å². The fourth-order valence-corrected chi connectivity index (χ4v) is 3.25. The molecule has 2 heterocycles. The Morgan fingerprint density at radius 3 is 2.95 bits per heavy atom. The van der Waals surface area contributed by atoms with E-state index in [0.717, 1.165) is 12.8 Å². The van der Waals surface area contributed by atoms with Crippen LogP contribution in [0.5, 0.6) is 0 Å². The number of nitrogens with zero attached hydrogens (tertiary/aromatic N) is 2. The molecule has 6 heteroatoms. The third kappa shape index (κ3) is 3.45. The van der Waals surface area contributed by atoms with Gasteiger partial charge in [-0.2, -0.15) is 4.98 Å². The molecule has 2 aromatic rings. The Morgan fingerprint density at radius 1 is 1.33 bits per heavy atom. The van der Waals surface area contributed by atoms with Crippen LogP contribution in [0.3, 0.4) is 0 Å². The van der Waals surface area contributed by atoms with E-state index in [0.29, 0.717) is 24.0 Å². The molecule has 2 N–H and O–H groups in total. The molecule has 2 atom stereocenters. The zero-order valence-electron chi connectivity index (χ0n) is 12.0.